The molecule has 3 rings (SSSR count). The summed E-state index contributed by atoms with van der Waals surface area (Å²) in [6.07, 6.45) is 1.65. The van der Waals surface area contributed by atoms with E-state index in [0.717, 1.165) is 24.2 Å². The van der Waals surface area contributed by atoms with Crippen molar-refractivity contribution in [2.75, 3.05) is 26.7 Å². The average molecular weight is 387 g/mol. The molecule has 1 amide bonds. The maximum atomic E-state index is 12.7. The minimum atomic E-state index is -0.811. The highest BCUT2D eigenvalue weighted by Crippen LogP contribution is 2.33. The topological polar surface area (TPSA) is 52.6 Å². The largest absolute Gasteiger partial charge is 0.388 e. The van der Waals surface area contributed by atoms with Crippen molar-refractivity contribution in [2.24, 2.45) is 0 Å². The number of hydrogen-bond acceptors (Lipinski definition) is 3. The fraction of sp³-hybridized carbons (Fsp3) is 0.409. The van der Waals surface area contributed by atoms with Gasteiger partial charge in [0.25, 0.3) is 0 Å². The van der Waals surface area contributed by atoms with Crippen LogP contribution in [0.4, 0.5) is 0 Å². The molecule has 1 aliphatic heterocycles. The highest BCUT2D eigenvalue weighted by molar-refractivity contribution is 6.31. The maximum absolute atomic E-state index is 12.7. The van der Waals surface area contributed by atoms with E-state index >= 15 is 0 Å². The predicted molar refractivity (Wildman–Crippen MR) is 109 cm³/mol. The average Bonchev–Trinajstić information content (AvgIpc) is 2.69. The second kappa shape index (κ2) is 8.87. The summed E-state index contributed by atoms with van der Waals surface area (Å²) >= 11 is 6.41. The predicted octanol–water partition coefficient (Wildman–Crippen LogP) is 3.43. The number of piperidine rings is 1. The normalized spacial score (nSPS) is 18.0. The fourth-order valence-corrected chi connectivity index (χ4v) is 3.85. The SMILES string of the molecule is CN1CCC(O)(CNC(=O)C[C@H](c2ccccc2)c2ccccc2Cl)CC1. The van der Waals surface area contributed by atoms with Gasteiger partial charge < -0.3 is 15.3 Å². The molecule has 1 heterocycles. The smallest absolute Gasteiger partial charge is 0.221 e. The Morgan fingerprint density at radius 1 is 1.15 bits per heavy atom. The third kappa shape index (κ3) is 5.32. The molecule has 2 aromatic carbocycles. The van der Waals surface area contributed by atoms with Crippen molar-refractivity contribution in [3.63, 3.8) is 0 Å². The van der Waals surface area contributed by atoms with Crippen LogP contribution in [-0.2, 0) is 4.79 Å². The van der Waals surface area contributed by atoms with Crippen LogP contribution in [0.2, 0.25) is 5.02 Å². The van der Waals surface area contributed by atoms with Gasteiger partial charge in [0.1, 0.15) is 0 Å². The van der Waals surface area contributed by atoms with Crippen molar-refractivity contribution in [3.8, 4) is 0 Å². The van der Waals surface area contributed by atoms with Crippen LogP contribution < -0.4 is 5.32 Å². The van der Waals surface area contributed by atoms with Gasteiger partial charge in [-0.25, -0.2) is 0 Å². The zero-order valence-electron chi connectivity index (χ0n) is 15.7. The summed E-state index contributed by atoms with van der Waals surface area (Å²) in [5.41, 5.74) is 1.19. The highest BCUT2D eigenvalue weighted by Gasteiger charge is 2.31. The molecule has 0 spiro atoms. The number of halogens is 1. The van der Waals surface area contributed by atoms with Gasteiger partial charge in [0.2, 0.25) is 5.91 Å². The van der Waals surface area contributed by atoms with Crippen LogP contribution in [0.3, 0.4) is 0 Å². The highest BCUT2D eigenvalue weighted by atomic mass is 35.5. The minimum Gasteiger partial charge on any atom is -0.388 e. The molecule has 0 radical (unpaired) electrons. The summed E-state index contributed by atoms with van der Waals surface area (Å²) in [6, 6.07) is 17.6. The standard InChI is InChI=1S/C22H27ClN2O2/c1-25-13-11-22(27,12-14-25)16-24-21(26)15-19(17-7-3-2-4-8-17)18-9-5-6-10-20(18)23/h2-10,19,27H,11-16H2,1H3,(H,24,26)/t19-/m1/s1. The van der Waals surface area contributed by atoms with Crippen LogP contribution in [0.15, 0.2) is 54.6 Å². The first-order valence-corrected chi connectivity index (χ1v) is 9.82. The molecule has 0 aliphatic carbocycles. The first kappa shape index (κ1) is 19.9. The third-order valence-electron chi connectivity index (χ3n) is 5.40. The van der Waals surface area contributed by atoms with Crippen molar-refractivity contribution < 1.29 is 9.90 Å². The van der Waals surface area contributed by atoms with Crippen molar-refractivity contribution in [1.82, 2.24) is 10.2 Å². The number of likely N-dealkylation sites (tertiary alicyclic amines) is 1. The Kier molecular flexibility index (Phi) is 6.53. The van der Waals surface area contributed by atoms with Gasteiger partial charge in [-0.3, -0.25) is 4.79 Å². The van der Waals surface area contributed by atoms with Crippen LogP contribution in [-0.4, -0.2) is 48.2 Å². The van der Waals surface area contributed by atoms with Gasteiger partial charge in [0.15, 0.2) is 0 Å². The molecule has 1 atom stereocenters. The molecule has 1 fully saturated rings. The Morgan fingerprint density at radius 3 is 2.44 bits per heavy atom. The minimum absolute atomic E-state index is 0.0730. The van der Waals surface area contributed by atoms with Gasteiger partial charge in [-0.1, -0.05) is 60.1 Å². The van der Waals surface area contributed by atoms with Gasteiger partial charge >= 0.3 is 0 Å². The number of carbonyl (C=O) groups excluding carboxylic acids is 1. The monoisotopic (exact) mass is 386 g/mol. The zero-order chi connectivity index (χ0) is 19.3. The number of aliphatic hydroxyl groups is 1. The lowest BCUT2D eigenvalue weighted by molar-refractivity contribution is -0.123. The summed E-state index contributed by atoms with van der Waals surface area (Å²) in [4.78, 5) is 14.9. The first-order valence-electron chi connectivity index (χ1n) is 9.44. The van der Waals surface area contributed by atoms with E-state index in [1.807, 2.05) is 61.6 Å². The Labute approximate surface area is 166 Å². The number of amides is 1. The van der Waals surface area contributed by atoms with E-state index in [2.05, 4.69) is 10.2 Å². The summed E-state index contributed by atoms with van der Waals surface area (Å²) < 4.78 is 0. The molecule has 1 aliphatic rings. The lowest BCUT2D eigenvalue weighted by atomic mass is 9.87. The molecule has 0 bridgehead atoms. The molecule has 1 saturated heterocycles. The Bertz CT molecular complexity index is 758. The lowest BCUT2D eigenvalue weighted by Crippen LogP contribution is -2.50. The van der Waals surface area contributed by atoms with E-state index in [1.54, 1.807) is 0 Å². The van der Waals surface area contributed by atoms with Crippen molar-refractivity contribution >= 4 is 17.5 Å². The van der Waals surface area contributed by atoms with Crippen LogP contribution in [0, 0.1) is 0 Å². The molecular formula is C22H27ClN2O2. The number of carbonyl (C=O) groups is 1. The van der Waals surface area contributed by atoms with Gasteiger partial charge in [0.05, 0.1) is 5.60 Å². The van der Waals surface area contributed by atoms with Gasteiger partial charge in [-0.05, 0) is 37.1 Å². The van der Waals surface area contributed by atoms with E-state index in [1.165, 1.54) is 0 Å². The zero-order valence-corrected chi connectivity index (χ0v) is 16.5. The van der Waals surface area contributed by atoms with E-state index in [9.17, 15) is 9.90 Å². The Hall–Kier alpha value is -1.88. The summed E-state index contributed by atoms with van der Waals surface area (Å²) in [5.74, 6) is -0.192. The van der Waals surface area contributed by atoms with Crippen molar-refractivity contribution in [3.05, 3.63) is 70.7 Å². The van der Waals surface area contributed by atoms with Crippen LogP contribution in [0.5, 0.6) is 0 Å². The number of rotatable bonds is 6. The van der Waals surface area contributed by atoms with Crippen LogP contribution >= 0.6 is 11.6 Å². The molecule has 0 unspecified atom stereocenters. The molecule has 27 heavy (non-hydrogen) atoms. The number of nitrogens with one attached hydrogen (secondary N) is 1. The molecule has 144 valence electrons. The summed E-state index contributed by atoms with van der Waals surface area (Å²) in [5, 5.41) is 14.3. The molecule has 4 nitrogen and oxygen atoms in total. The maximum Gasteiger partial charge on any atom is 0.221 e. The lowest BCUT2D eigenvalue weighted by Gasteiger charge is -2.36. The summed E-state index contributed by atoms with van der Waals surface area (Å²) in [6.45, 7) is 1.99. The quantitative estimate of drug-likeness (QED) is 0.799. The van der Waals surface area contributed by atoms with Gasteiger partial charge in [0, 0.05) is 37.0 Å². The molecule has 2 aromatic rings. The van der Waals surface area contributed by atoms with Crippen molar-refractivity contribution in [1.29, 1.82) is 0 Å². The van der Waals surface area contributed by atoms with E-state index in [4.69, 9.17) is 11.6 Å². The number of benzene rings is 2. The van der Waals surface area contributed by atoms with Gasteiger partial charge in [-0.2, -0.15) is 0 Å². The molecule has 2 N–H and O–H groups in total. The van der Waals surface area contributed by atoms with Gasteiger partial charge in [-0.15, -0.1) is 0 Å². The number of nitrogens with zero attached hydrogens (tertiary/aromatic N) is 1. The molecule has 5 heteroatoms. The first-order chi connectivity index (χ1) is 13.0. The van der Waals surface area contributed by atoms with E-state index in [-0.39, 0.29) is 11.8 Å². The second-order valence-corrected chi connectivity index (χ2v) is 7.90. The van der Waals surface area contributed by atoms with Crippen LogP contribution in [0.1, 0.15) is 36.3 Å². The van der Waals surface area contributed by atoms with E-state index in [0.29, 0.717) is 30.8 Å². The summed E-state index contributed by atoms with van der Waals surface area (Å²) in [7, 11) is 2.05. The fourth-order valence-electron chi connectivity index (χ4n) is 3.58. The Morgan fingerprint density at radius 2 is 1.78 bits per heavy atom. The molecular weight excluding hydrogens is 360 g/mol. The Balaban J connectivity index is 1.69. The third-order valence-corrected chi connectivity index (χ3v) is 5.75. The van der Waals surface area contributed by atoms with E-state index < -0.39 is 5.60 Å². The second-order valence-electron chi connectivity index (χ2n) is 7.49. The number of hydrogen-bond donors (Lipinski definition) is 2. The molecule has 0 saturated carbocycles. The van der Waals surface area contributed by atoms with Crippen molar-refractivity contribution in [2.45, 2.75) is 30.8 Å². The molecule has 0 aromatic heterocycles. The van der Waals surface area contributed by atoms with Crippen LogP contribution in [0.25, 0.3) is 0 Å².